The van der Waals surface area contributed by atoms with Crippen molar-refractivity contribution in [1.29, 1.82) is 0 Å². The summed E-state index contributed by atoms with van der Waals surface area (Å²) >= 11 is 0. The highest BCUT2D eigenvalue weighted by Crippen LogP contribution is 2.47. The molecule has 2 atom stereocenters. The van der Waals surface area contributed by atoms with E-state index in [2.05, 4.69) is 30.3 Å². The highest BCUT2D eigenvalue weighted by atomic mass is 15.2. The first kappa shape index (κ1) is 21.7. The predicted molar refractivity (Wildman–Crippen MR) is 109 cm³/mol. The van der Waals surface area contributed by atoms with E-state index in [0.29, 0.717) is 5.54 Å². The molecule has 142 valence electrons. The minimum atomic E-state index is 0.614. The van der Waals surface area contributed by atoms with Crippen LogP contribution < -0.4 is 5.32 Å². The zero-order valence-electron chi connectivity index (χ0n) is 16.9. The van der Waals surface area contributed by atoms with Crippen molar-refractivity contribution >= 4 is 0 Å². The second-order valence-electron chi connectivity index (χ2n) is 7.52. The zero-order chi connectivity index (χ0) is 17.8. The largest absolute Gasteiger partial charge is 0.314 e. The third-order valence-electron chi connectivity index (χ3n) is 6.32. The number of rotatable bonds is 5. The van der Waals surface area contributed by atoms with Gasteiger partial charge in [0, 0.05) is 11.6 Å². The average Bonchev–Trinajstić information content (AvgIpc) is 2.63. The molecule has 0 aromatic heterocycles. The zero-order valence-corrected chi connectivity index (χ0v) is 16.9. The van der Waals surface area contributed by atoms with E-state index >= 15 is 0 Å². The number of likely N-dealkylation sites (tertiary alicyclic amines) is 1. The van der Waals surface area contributed by atoms with Gasteiger partial charge in [0.1, 0.15) is 0 Å². The second-order valence-corrected chi connectivity index (χ2v) is 7.52. The van der Waals surface area contributed by atoms with Crippen LogP contribution in [-0.2, 0) is 0 Å². The van der Waals surface area contributed by atoms with Crippen molar-refractivity contribution in [2.75, 3.05) is 19.6 Å². The van der Waals surface area contributed by atoms with E-state index < -0.39 is 0 Å². The Labute approximate surface area is 152 Å². The Balaban J connectivity index is 0.000000671. The molecule has 2 heteroatoms. The molecule has 24 heavy (non-hydrogen) atoms. The molecule has 3 rings (SSSR count). The molecule has 2 nitrogen and oxygen atoms in total. The molecule has 0 amide bonds. The summed E-state index contributed by atoms with van der Waals surface area (Å²) in [6.07, 6.45) is 16.0. The molecule has 0 spiro atoms. The standard InChI is InChI=1S/C18H34N2.C2H6.C2H4/c1-2-12-19-17-9-6-8-16(15-17)18(20-13-7-14-20)10-4-3-5-11-18;2*1-2/h16-17,19H,2-15H2,1H3;1-2H3;1-2H2. The average molecular weight is 337 g/mol. The van der Waals surface area contributed by atoms with Crippen molar-refractivity contribution in [2.45, 2.75) is 103 Å². The predicted octanol–water partition coefficient (Wildman–Crippen LogP) is 5.78. The van der Waals surface area contributed by atoms with E-state index in [1.54, 1.807) is 0 Å². The molecule has 0 aromatic rings. The third kappa shape index (κ3) is 5.33. The molecule has 3 fully saturated rings. The Morgan fingerprint density at radius 3 is 2.17 bits per heavy atom. The summed E-state index contributed by atoms with van der Waals surface area (Å²) in [5, 5.41) is 3.81. The molecule has 1 saturated heterocycles. The topological polar surface area (TPSA) is 15.3 Å². The van der Waals surface area contributed by atoms with Crippen molar-refractivity contribution < 1.29 is 0 Å². The molecule has 1 N–H and O–H groups in total. The number of nitrogens with one attached hydrogen (secondary N) is 1. The molecule has 1 heterocycles. The number of hydrogen-bond donors (Lipinski definition) is 1. The summed E-state index contributed by atoms with van der Waals surface area (Å²) in [6.45, 7) is 16.3. The van der Waals surface area contributed by atoms with E-state index in [9.17, 15) is 0 Å². The van der Waals surface area contributed by atoms with Gasteiger partial charge in [-0.2, -0.15) is 0 Å². The van der Waals surface area contributed by atoms with Gasteiger partial charge in [0.05, 0.1) is 0 Å². The summed E-state index contributed by atoms with van der Waals surface area (Å²) in [4.78, 5) is 2.89. The van der Waals surface area contributed by atoms with Crippen LogP contribution in [0.3, 0.4) is 0 Å². The Kier molecular flexibility index (Phi) is 10.9. The van der Waals surface area contributed by atoms with Crippen LogP contribution in [0.2, 0.25) is 0 Å². The molecule has 2 aliphatic carbocycles. The van der Waals surface area contributed by atoms with Crippen molar-refractivity contribution in [3.63, 3.8) is 0 Å². The van der Waals surface area contributed by atoms with Gasteiger partial charge in [0.2, 0.25) is 0 Å². The first-order valence-corrected chi connectivity index (χ1v) is 10.8. The van der Waals surface area contributed by atoms with Gasteiger partial charge in [-0.3, -0.25) is 4.90 Å². The highest BCUT2D eigenvalue weighted by Gasteiger charge is 2.47. The lowest BCUT2D eigenvalue weighted by atomic mass is 9.65. The van der Waals surface area contributed by atoms with Crippen molar-refractivity contribution in [2.24, 2.45) is 5.92 Å². The van der Waals surface area contributed by atoms with Crippen LogP contribution in [0.5, 0.6) is 0 Å². The maximum absolute atomic E-state index is 3.81. The van der Waals surface area contributed by atoms with Gasteiger partial charge in [-0.1, -0.05) is 46.5 Å². The summed E-state index contributed by atoms with van der Waals surface area (Å²) in [5.41, 5.74) is 0.614. The summed E-state index contributed by atoms with van der Waals surface area (Å²) in [7, 11) is 0. The third-order valence-corrected chi connectivity index (χ3v) is 6.32. The van der Waals surface area contributed by atoms with E-state index in [-0.39, 0.29) is 0 Å². The van der Waals surface area contributed by atoms with Crippen LogP contribution in [0, 0.1) is 5.92 Å². The lowest BCUT2D eigenvalue weighted by Gasteiger charge is -2.56. The second kappa shape index (κ2) is 12.1. The van der Waals surface area contributed by atoms with Crippen LogP contribution >= 0.6 is 0 Å². The van der Waals surface area contributed by atoms with Crippen LogP contribution in [-0.4, -0.2) is 36.1 Å². The Hall–Kier alpha value is -0.340. The highest BCUT2D eigenvalue weighted by molar-refractivity contribution is 5.03. The molecule has 2 unspecified atom stereocenters. The number of hydrogen-bond acceptors (Lipinski definition) is 2. The summed E-state index contributed by atoms with van der Waals surface area (Å²) < 4.78 is 0. The Morgan fingerprint density at radius 2 is 1.62 bits per heavy atom. The normalized spacial score (nSPS) is 29.3. The van der Waals surface area contributed by atoms with Gasteiger partial charge in [-0.05, 0) is 70.5 Å². The van der Waals surface area contributed by atoms with Gasteiger partial charge in [-0.25, -0.2) is 0 Å². The smallest absolute Gasteiger partial charge is 0.0238 e. The molecule has 0 radical (unpaired) electrons. The molecular weight excluding hydrogens is 292 g/mol. The maximum Gasteiger partial charge on any atom is 0.0238 e. The molecule has 0 bridgehead atoms. The Bertz CT molecular complexity index is 305. The quantitative estimate of drug-likeness (QED) is 0.640. The van der Waals surface area contributed by atoms with E-state index in [1.165, 1.54) is 90.3 Å². The van der Waals surface area contributed by atoms with Gasteiger partial charge in [0.15, 0.2) is 0 Å². The van der Waals surface area contributed by atoms with E-state index in [0.717, 1.165) is 12.0 Å². The van der Waals surface area contributed by atoms with Gasteiger partial charge >= 0.3 is 0 Å². The van der Waals surface area contributed by atoms with Gasteiger partial charge in [-0.15, -0.1) is 13.2 Å². The lowest BCUT2D eigenvalue weighted by Crippen LogP contribution is -2.61. The maximum atomic E-state index is 3.81. The molecule has 1 aliphatic heterocycles. The first-order chi connectivity index (χ1) is 11.8. The fraction of sp³-hybridized carbons (Fsp3) is 0.909. The fourth-order valence-corrected chi connectivity index (χ4v) is 5.12. The van der Waals surface area contributed by atoms with Gasteiger partial charge < -0.3 is 5.32 Å². The lowest BCUT2D eigenvalue weighted by molar-refractivity contribution is -0.0551. The number of nitrogens with zero attached hydrogens (tertiary/aromatic N) is 1. The van der Waals surface area contributed by atoms with E-state index in [4.69, 9.17) is 0 Å². The van der Waals surface area contributed by atoms with E-state index in [1.807, 2.05) is 13.8 Å². The van der Waals surface area contributed by atoms with Crippen molar-refractivity contribution in [3.05, 3.63) is 13.2 Å². The first-order valence-electron chi connectivity index (χ1n) is 10.8. The molecule has 3 aliphatic rings. The summed E-state index contributed by atoms with van der Waals surface area (Å²) in [5.74, 6) is 0.978. The monoisotopic (exact) mass is 336 g/mol. The Morgan fingerprint density at radius 1 is 0.958 bits per heavy atom. The molecule has 2 saturated carbocycles. The van der Waals surface area contributed by atoms with Crippen molar-refractivity contribution in [3.8, 4) is 0 Å². The van der Waals surface area contributed by atoms with Gasteiger partial charge in [0.25, 0.3) is 0 Å². The van der Waals surface area contributed by atoms with Crippen LogP contribution in [0.4, 0.5) is 0 Å². The molecular formula is C22H44N2. The molecule has 0 aromatic carbocycles. The van der Waals surface area contributed by atoms with Crippen LogP contribution in [0.25, 0.3) is 0 Å². The van der Waals surface area contributed by atoms with Crippen LogP contribution in [0.1, 0.15) is 91.4 Å². The fourth-order valence-electron chi connectivity index (χ4n) is 5.12. The minimum absolute atomic E-state index is 0.614. The summed E-state index contributed by atoms with van der Waals surface area (Å²) in [6, 6.07) is 0.814. The minimum Gasteiger partial charge on any atom is -0.314 e. The van der Waals surface area contributed by atoms with Crippen LogP contribution in [0.15, 0.2) is 13.2 Å². The van der Waals surface area contributed by atoms with Crippen molar-refractivity contribution in [1.82, 2.24) is 10.2 Å². The SMILES string of the molecule is C=C.CC.CCCNC1CCCC(C2(N3CCC3)CCCCC2)C1.